The Labute approximate surface area is 169 Å². The van der Waals surface area contributed by atoms with Gasteiger partial charge in [0.25, 0.3) is 5.91 Å². The monoisotopic (exact) mass is 398 g/mol. The number of fused-ring (bicyclic) bond motifs is 1. The number of rotatable bonds is 4. The number of carbonyl (C=O) groups is 1. The van der Waals surface area contributed by atoms with Crippen molar-refractivity contribution in [2.45, 2.75) is 12.8 Å². The van der Waals surface area contributed by atoms with Gasteiger partial charge in [0.1, 0.15) is 11.3 Å². The number of aromatic nitrogens is 3. The van der Waals surface area contributed by atoms with E-state index in [0.717, 1.165) is 49.6 Å². The molecule has 4 rings (SSSR count). The fourth-order valence-electron chi connectivity index (χ4n) is 3.80. The number of halogens is 1. The molecular formula is C21H23ClN4O2. The standard InChI is InChI=1S/C21H23ClN4O2/c1-25-19(16-5-3-4-6-17(16)22)24-18-11-15(12-23-20(18)25)21(27)26-9-7-14(8-10-26)13-28-2/h3-6,11-12,14H,7-10,13H2,1-2H3. The van der Waals surface area contributed by atoms with Gasteiger partial charge in [-0.15, -0.1) is 0 Å². The van der Waals surface area contributed by atoms with E-state index in [4.69, 9.17) is 21.3 Å². The van der Waals surface area contributed by atoms with Crippen LogP contribution >= 0.6 is 11.6 Å². The van der Waals surface area contributed by atoms with E-state index in [0.29, 0.717) is 22.0 Å². The summed E-state index contributed by atoms with van der Waals surface area (Å²) in [6, 6.07) is 9.41. The second-order valence-electron chi connectivity index (χ2n) is 7.23. The van der Waals surface area contributed by atoms with Gasteiger partial charge in [0.2, 0.25) is 0 Å². The number of aryl methyl sites for hydroxylation is 1. The number of likely N-dealkylation sites (tertiary alicyclic amines) is 1. The molecule has 2 aromatic heterocycles. The maximum atomic E-state index is 12.9. The average Bonchev–Trinajstić information content (AvgIpc) is 3.04. The van der Waals surface area contributed by atoms with Crippen molar-refractivity contribution in [3.05, 3.63) is 47.1 Å². The van der Waals surface area contributed by atoms with Crippen molar-refractivity contribution in [1.29, 1.82) is 0 Å². The van der Waals surface area contributed by atoms with Crippen LogP contribution in [0.4, 0.5) is 0 Å². The molecule has 0 radical (unpaired) electrons. The van der Waals surface area contributed by atoms with E-state index >= 15 is 0 Å². The first kappa shape index (κ1) is 18.9. The largest absolute Gasteiger partial charge is 0.384 e. The minimum absolute atomic E-state index is 0.00946. The highest BCUT2D eigenvalue weighted by Crippen LogP contribution is 2.29. The lowest BCUT2D eigenvalue weighted by Gasteiger charge is -2.31. The molecule has 0 N–H and O–H groups in total. The van der Waals surface area contributed by atoms with E-state index in [9.17, 15) is 4.79 Å². The summed E-state index contributed by atoms with van der Waals surface area (Å²) >= 11 is 6.33. The van der Waals surface area contributed by atoms with E-state index in [1.807, 2.05) is 46.8 Å². The molecule has 1 fully saturated rings. The van der Waals surface area contributed by atoms with Crippen molar-refractivity contribution in [3.8, 4) is 11.4 Å². The highest BCUT2D eigenvalue weighted by atomic mass is 35.5. The Kier molecular flexibility index (Phi) is 5.33. The molecule has 3 heterocycles. The van der Waals surface area contributed by atoms with Crippen molar-refractivity contribution in [3.63, 3.8) is 0 Å². The van der Waals surface area contributed by atoms with Gasteiger partial charge < -0.3 is 14.2 Å². The Bertz CT molecular complexity index is 1010. The zero-order chi connectivity index (χ0) is 19.7. The Hall–Kier alpha value is -2.44. The molecule has 0 aliphatic carbocycles. The molecule has 7 heteroatoms. The Morgan fingerprint density at radius 2 is 2.04 bits per heavy atom. The van der Waals surface area contributed by atoms with Gasteiger partial charge >= 0.3 is 0 Å². The lowest BCUT2D eigenvalue weighted by Crippen LogP contribution is -2.39. The van der Waals surface area contributed by atoms with E-state index in [2.05, 4.69) is 4.98 Å². The molecular weight excluding hydrogens is 376 g/mol. The molecule has 0 saturated carbocycles. The van der Waals surface area contributed by atoms with E-state index in [1.54, 1.807) is 13.3 Å². The highest BCUT2D eigenvalue weighted by molar-refractivity contribution is 6.33. The summed E-state index contributed by atoms with van der Waals surface area (Å²) < 4.78 is 7.14. The minimum atomic E-state index is 0.00946. The van der Waals surface area contributed by atoms with Crippen molar-refractivity contribution in [2.24, 2.45) is 13.0 Å². The smallest absolute Gasteiger partial charge is 0.255 e. The second kappa shape index (κ2) is 7.89. The number of methoxy groups -OCH3 is 1. The molecule has 3 aromatic rings. The lowest BCUT2D eigenvalue weighted by atomic mass is 9.97. The summed E-state index contributed by atoms with van der Waals surface area (Å²) in [7, 11) is 3.63. The molecule has 28 heavy (non-hydrogen) atoms. The molecule has 1 aromatic carbocycles. The van der Waals surface area contributed by atoms with Gasteiger partial charge in [0.15, 0.2) is 5.65 Å². The molecule has 0 bridgehead atoms. The number of ether oxygens (including phenoxy) is 1. The molecule has 1 aliphatic heterocycles. The summed E-state index contributed by atoms with van der Waals surface area (Å²) in [6.07, 6.45) is 3.58. The summed E-state index contributed by atoms with van der Waals surface area (Å²) in [4.78, 5) is 24.0. The maximum Gasteiger partial charge on any atom is 0.255 e. The predicted molar refractivity (Wildman–Crippen MR) is 109 cm³/mol. The number of amides is 1. The average molecular weight is 399 g/mol. The number of pyridine rings is 1. The molecule has 0 atom stereocenters. The van der Waals surface area contributed by atoms with Crippen LogP contribution in [0.1, 0.15) is 23.2 Å². The number of hydrogen-bond acceptors (Lipinski definition) is 4. The molecule has 146 valence electrons. The molecule has 6 nitrogen and oxygen atoms in total. The third kappa shape index (κ3) is 3.50. The van der Waals surface area contributed by atoms with Gasteiger partial charge in [-0.05, 0) is 37.0 Å². The minimum Gasteiger partial charge on any atom is -0.384 e. The van der Waals surface area contributed by atoms with Crippen LogP contribution in [-0.4, -0.2) is 52.1 Å². The van der Waals surface area contributed by atoms with Crippen LogP contribution in [-0.2, 0) is 11.8 Å². The van der Waals surface area contributed by atoms with Gasteiger partial charge in [-0.2, -0.15) is 0 Å². The third-order valence-corrected chi connectivity index (χ3v) is 5.70. The van der Waals surface area contributed by atoms with Crippen LogP contribution in [0.3, 0.4) is 0 Å². The van der Waals surface area contributed by atoms with E-state index in [1.165, 1.54) is 0 Å². The molecule has 1 aliphatic rings. The maximum absolute atomic E-state index is 12.9. The zero-order valence-electron chi connectivity index (χ0n) is 16.1. The second-order valence-corrected chi connectivity index (χ2v) is 7.64. The summed E-state index contributed by atoms with van der Waals surface area (Å²) in [5.41, 5.74) is 2.84. The van der Waals surface area contributed by atoms with Crippen molar-refractivity contribution in [2.75, 3.05) is 26.8 Å². The van der Waals surface area contributed by atoms with Crippen molar-refractivity contribution < 1.29 is 9.53 Å². The fourth-order valence-corrected chi connectivity index (χ4v) is 4.02. The predicted octanol–water partition coefficient (Wildman–Crippen LogP) is 3.79. The summed E-state index contributed by atoms with van der Waals surface area (Å²) in [5, 5.41) is 0.635. The molecule has 0 spiro atoms. The fraction of sp³-hybridized carbons (Fsp3) is 0.381. The normalized spacial score (nSPS) is 15.3. The van der Waals surface area contributed by atoms with Crippen LogP contribution in [0.5, 0.6) is 0 Å². The lowest BCUT2D eigenvalue weighted by molar-refractivity contribution is 0.0613. The van der Waals surface area contributed by atoms with Crippen molar-refractivity contribution in [1.82, 2.24) is 19.4 Å². The third-order valence-electron chi connectivity index (χ3n) is 5.37. The first-order valence-corrected chi connectivity index (χ1v) is 9.82. The first-order valence-electron chi connectivity index (χ1n) is 9.44. The number of piperidine rings is 1. The van der Waals surface area contributed by atoms with Gasteiger partial charge in [-0.3, -0.25) is 4.79 Å². The van der Waals surface area contributed by atoms with Gasteiger partial charge in [-0.1, -0.05) is 23.7 Å². The van der Waals surface area contributed by atoms with E-state index in [-0.39, 0.29) is 5.91 Å². The SMILES string of the molecule is COCC1CCN(C(=O)c2cnc3c(c2)nc(-c2ccccc2Cl)n3C)CC1. The van der Waals surface area contributed by atoms with Crippen molar-refractivity contribution >= 4 is 28.7 Å². The Morgan fingerprint density at radius 3 is 2.75 bits per heavy atom. The topological polar surface area (TPSA) is 60.2 Å². The van der Waals surface area contributed by atoms with E-state index < -0.39 is 0 Å². The number of benzene rings is 1. The molecule has 1 saturated heterocycles. The van der Waals surface area contributed by atoms with Gasteiger partial charge in [0, 0.05) is 45.6 Å². The summed E-state index contributed by atoms with van der Waals surface area (Å²) in [6.45, 7) is 2.25. The van der Waals surface area contributed by atoms with Gasteiger partial charge in [0.05, 0.1) is 10.6 Å². The van der Waals surface area contributed by atoms with Crippen LogP contribution in [0.25, 0.3) is 22.6 Å². The van der Waals surface area contributed by atoms with Crippen LogP contribution in [0, 0.1) is 5.92 Å². The first-order chi connectivity index (χ1) is 13.6. The van der Waals surface area contributed by atoms with Crippen LogP contribution in [0.2, 0.25) is 5.02 Å². The number of hydrogen-bond donors (Lipinski definition) is 0. The molecule has 1 amide bonds. The van der Waals surface area contributed by atoms with Gasteiger partial charge in [-0.25, -0.2) is 9.97 Å². The zero-order valence-corrected chi connectivity index (χ0v) is 16.8. The Balaban J connectivity index is 1.60. The highest BCUT2D eigenvalue weighted by Gasteiger charge is 2.24. The molecule has 0 unspecified atom stereocenters. The quantitative estimate of drug-likeness (QED) is 0.670. The van der Waals surface area contributed by atoms with Crippen LogP contribution in [0.15, 0.2) is 36.5 Å². The Morgan fingerprint density at radius 1 is 1.29 bits per heavy atom. The number of carbonyl (C=O) groups excluding carboxylic acids is 1. The number of nitrogens with zero attached hydrogens (tertiary/aromatic N) is 4. The summed E-state index contributed by atoms with van der Waals surface area (Å²) in [5.74, 6) is 1.27. The number of imidazole rings is 1. The van der Waals surface area contributed by atoms with Crippen LogP contribution < -0.4 is 0 Å².